The number of aromatic nitrogens is 1. The van der Waals surface area contributed by atoms with Gasteiger partial charge in [0.05, 0.1) is 16.9 Å². The van der Waals surface area contributed by atoms with E-state index in [1.54, 1.807) is 12.3 Å². The number of allylic oxidation sites excluding steroid dienone is 1. The number of anilines is 2. The summed E-state index contributed by atoms with van der Waals surface area (Å²) in [5.74, 6) is -2.01. The van der Waals surface area contributed by atoms with Crippen LogP contribution in [0.3, 0.4) is 0 Å². The van der Waals surface area contributed by atoms with E-state index in [2.05, 4.69) is 21.7 Å². The Balaban J connectivity index is 1.59. The molecule has 0 bridgehead atoms. The summed E-state index contributed by atoms with van der Waals surface area (Å²) in [5.41, 5.74) is 2.43. The SMILES string of the molecule is O=C(Nc1ccc(F)cc1F)c1cncc(NCCC2=CCCCC2)c1. The Morgan fingerprint density at radius 1 is 1.15 bits per heavy atom. The lowest BCUT2D eigenvalue weighted by molar-refractivity contribution is 0.102. The van der Waals surface area contributed by atoms with E-state index in [1.165, 1.54) is 30.7 Å². The highest BCUT2D eigenvalue weighted by atomic mass is 19.1. The first kappa shape index (κ1) is 18.0. The molecule has 1 amide bonds. The van der Waals surface area contributed by atoms with Gasteiger partial charge in [-0.2, -0.15) is 0 Å². The van der Waals surface area contributed by atoms with Crippen LogP contribution in [0.1, 0.15) is 42.5 Å². The van der Waals surface area contributed by atoms with Gasteiger partial charge in [-0.05, 0) is 50.3 Å². The Hall–Kier alpha value is -2.76. The summed E-state index contributed by atoms with van der Waals surface area (Å²) in [6, 6.07) is 4.68. The van der Waals surface area contributed by atoms with Crippen LogP contribution in [0.2, 0.25) is 0 Å². The quantitative estimate of drug-likeness (QED) is 0.722. The molecule has 1 aliphatic rings. The standard InChI is InChI=1S/C20H21F2N3O/c21-16-6-7-19(18(22)11-16)25-20(26)15-10-17(13-23-12-15)24-9-8-14-4-2-1-3-5-14/h4,6-7,10-13,24H,1-3,5,8-9H2,(H,25,26). The van der Waals surface area contributed by atoms with Crippen LogP contribution in [0.4, 0.5) is 20.2 Å². The molecule has 4 nitrogen and oxygen atoms in total. The highest BCUT2D eigenvalue weighted by Crippen LogP contribution is 2.20. The molecule has 1 heterocycles. The first-order chi connectivity index (χ1) is 12.6. The maximum atomic E-state index is 13.7. The molecule has 0 saturated carbocycles. The summed E-state index contributed by atoms with van der Waals surface area (Å²) in [7, 11) is 0. The normalized spacial score (nSPS) is 13.8. The third-order valence-corrected chi connectivity index (χ3v) is 4.34. The third kappa shape index (κ3) is 4.88. The summed E-state index contributed by atoms with van der Waals surface area (Å²) in [4.78, 5) is 16.3. The third-order valence-electron chi connectivity index (χ3n) is 4.34. The van der Waals surface area contributed by atoms with Gasteiger partial charge in [-0.15, -0.1) is 0 Å². The number of hydrogen-bond acceptors (Lipinski definition) is 3. The highest BCUT2D eigenvalue weighted by molar-refractivity contribution is 6.04. The van der Waals surface area contributed by atoms with Crippen molar-refractivity contribution in [2.75, 3.05) is 17.2 Å². The molecule has 3 rings (SSSR count). The smallest absolute Gasteiger partial charge is 0.257 e. The Kier molecular flexibility index (Phi) is 5.94. The lowest BCUT2D eigenvalue weighted by Gasteiger charge is -2.13. The van der Waals surface area contributed by atoms with Crippen LogP contribution in [-0.2, 0) is 0 Å². The number of carbonyl (C=O) groups is 1. The van der Waals surface area contributed by atoms with Crippen LogP contribution in [0.15, 0.2) is 48.3 Å². The molecule has 0 aliphatic heterocycles. The molecule has 2 N–H and O–H groups in total. The number of nitrogens with zero attached hydrogens (tertiary/aromatic N) is 1. The highest BCUT2D eigenvalue weighted by Gasteiger charge is 2.11. The molecule has 0 fully saturated rings. The summed E-state index contributed by atoms with van der Waals surface area (Å²) in [6.07, 6.45) is 11.2. The van der Waals surface area contributed by atoms with Gasteiger partial charge in [0.1, 0.15) is 11.6 Å². The molecule has 0 atom stereocenters. The Labute approximate surface area is 151 Å². The molecule has 1 aromatic carbocycles. The summed E-state index contributed by atoms with van der Waals surface area (Å²) in [6.45, 7) is 0.769. The topological polar surface area (TPSA) is 54.0 Å². The van der Waals surface area contributed by atoms with E-state index in [9.17, 15) is 13.6 Å². The monoisotopic (exact) mass is 357 g/mol. The predicted octanol–water partition coefficient (Wildman–Crippen LogP) is 4.91. The summed E-state index contributed by atoms with van der Waals surface area (Å²) in [5, 5.41) is 5.69. The number of benzene rings is 1. The van der Waals surface area contributed by atoms with Crippen molar-refractivity contribution in [1.29, 1.82) is 0 Å². The van der Waals surface area contributed by atoms with Crippen molar-refractivity contribution in [3.05, 3.63) is 65.5 Å². The van der Waals surface area contributed by atoms with Crippen molar-refractivity contribution >= 4 is 17.3 Å². The maximum absolute atomic E-state index is 13.7. The van der Waals surface area contributed by atoms with E-state index in [0.29, 0.717) is 5.56 Å². The molecule has 0 radical (unpaired) electrons. The lowest BCUT2D eigenvalue weighted by Crippen LogP contribution is -2.14. The van der Waals surface area contributed by atoms with Crippen LogP contribution in [-0.4, -0.2) is 17.4 Å². The van der Waals surface area contributed by atoms with Gasteiger partial charge in [0.15, 0.2) is 0 Å². The van der Waals surface area contributed by atoms with Crippen molar-refractivity contribution < 1.29 is 13.6 Å². The molecular weight excluding hydrogens is 336 g/mol. The van der Waals surface area contributed by atoms with Gasteiger partial charge in [0, 0.05) is 25.0 Å². The van der Waals surface area contributed by atoms with E-state index in [-0.39, 0.29) is 5.69 Å². The lowest BCUT2D eigenvalue weighted by atomic mass is 9.97. The van der Waals surface area contributed by atoms with E-state index >= 15 is 0 Å². The Bertz CT molecular complexity index is 820. The van der Waals surface area contributed by atoms with Crippen LogP contribution in [0.25, 0.3) is 0 Å². The molecule has 0 spiro atoms. The fourth-order valence-corrected chi connectivity index (χ4v) is 2.95. The minimum Gasteiger partial charge on any atom is -0.383 e. The van der Waals surface area contributed by atoms with Gasteiger partial charge in [-0.1, -0.05) is 11.6 Å². The van der Waals surface area contributed by atoms with Crippen LogP contribution in [0, 0.1) is 11.6 Å². The van der Waals surface area contributed by atoms with Crippen molar-refractivity contribution in [1.82, 2.24) is 4.98 Å². The zero-order valence-electron chi connectivity index (χ0n) is 14.4. The minimum absolute atomic E-state index is 0.0704. The Morgan fingerprint density at radius 3 is 2.81 bits per heavy atom. The minimum atomic E-state index is -0.818. The first-order valence-corrected chi connectivity index (χ1v) is 8.75. The number of halogens is 2. The number of pyridine rings is 1. The predicted molar refractivity (Wildman–Crippen MR) is 98.2 cm³/mol. The second-order valence-electron chi connectivity index (χ2n) is 6.33. The van der Waals surface area contributed by atoms with E-state index < -0.39 is 17.5 Å². The average molecular weight is 357 g/mol. The van der Waals surface area contributed by atoms with Gasteiger partial charge in [-0.3, -0.25) is 9.78 Å². The number of rotatable bonds is 6. The number of amides is 1. The van der Waals surface area contributed by atoms with Crippen LogP contribution < -0.4 is 10.6 Å². The average Bonchev–Trinajstić information content (AvgIpc) is 2.65. The first-order valence-electron chi connectivity index (χ1n) is 8.75. The van der Waals surface area contributed by atoms with Crippen molar-refractivity contribution in [3.8, 4) is 0 Å². The fraction of sp³-hybridized carbons (Fsp3) is 0.300. The molecule has 2 aromatic rings. The molecule has 1 aromatic heterocycles. The molecule has 0 saturated heterocycles. The second-order valence-corrected chi connectivity index (χ2v) is 6.33. The number of nitrogens with one attached hydrogen (secondary N) is 2. The van der Waals surface area contributed by atoms with Crippen molar-refractivity contribution in [3.63, 3.8) is 0 Å². The molecule has 136 valence electrons. The number of carbonyl (C=O) groups excluding carboxylic acids is 1. The Morgan fingerprint density at radius 2 is 2.04 bits per heavy atom. The largest absolute Gasteiger partial charge is 0.383 e. The number of hydrogen-bond donors (Lipinski definition) is 2. The molecule has 6 heteroatoms. The van der Waals surface area contributed by atoms with Gasteiger partial charge in [0.2, 0.25) is 0 Å². The van der Waals surface area contributed by atoms with Gasteiger partial charge < -0.3 is 10.6 Å². The van der Waals surface area contributed by atoms with E-state index in [4.69, 9.17) is 0 Å². The molecule has 26 heavy (non-hydrogen) atoms. The molecular formula is C20H21F2N3O. The second kappa shape index (κ2) is 8.56. The molecule has 0 unspecified atom stereocenters. The van der Waals surface area contributed by atoms with Crippen LogP contribution in [0.5, 0.6) is 0 Å². The van der Waals surface area contributed by atoms with Crippen molar-refractivity contribution in [2.24, 2.45) is 0 Å². The summed E-state index contributed by atoms with van der Waals surface area (Å²) >= 11 is 0. The molecule has 1 aliphatic carbocycles. The summed E-state index contributed by atoms with van der Waals surface area (Å²) < 4.78 is 26.6. The zero-order valence-corrected chi connectivity index (χ0v) is 14.4. The van der Waals surface area contributed by atoms with E-state index in [1.807, 2.05) is 0 Å². The van der Waals surface area contributed by atoms with Crippen molar-refractivity contribution in [2.45, 2.75) is 32.1 Å². The van der Waals surface area contributed by atoms with Gasteiger partial charge in [0.25, 0.3) is 5.91 Å². The maximum Gasteiger partial charge on any atom is 0.257 e. The van der Waals surface area contributed by atoms with E-state index in [0.717, 1.165) is 43.6 Å². The zero-order chi connectivity index (χ0) is 18.4. The van der Waals surface area contributed by atoms with Crippen LogP contribution >= 0.6 is 0 Å². The van der Waals surface area contributed by atoms with Gasteiger partial charge in [-0.25, -0.2) is 8.78 Å². The van der Waals surface area contributed by atoms with Gasteiger partial charge >= 0.3 is 0 Å². The fourth-order valence-electron chi connectivity index (χ4n) is 2.95.